The minimum absolute atomic E-state index is 0.0192. The van der Waals surface area contributed by atoms with Gasteiger partial charge in [-0.15, -0.1) is 0 Å². The third kappa shape index (κ3) is 2.78. The lowest BCUT2D eigenvalue weighted by Gasteiger charge is -2.21. The minimum atomic E-state index is 0.0192. The van der Waals surface area contributed by atoms with Crippen molar-refractivity contribution in [3.05, 3.63) is 69.6 Å². The van der Waals surface area contributed by atoms with E-state index in [2.05, 4.69) is 42.5 Å². The number of fused-ring (bicyclic) bond motifs is 3. The first-order valence-corrected chi connectivity index (χ1v) is 9.73. The first-order chi connectivity index (χ1) is 13.4. The van der Waals surface area contributed by atoms with Crippen LogP contribution in [-0.2, 0) is 13.6 Å². The molecule has 144 valence electrons. The van der Waals surface area contributed by atoms with Crippen LogP contribution in [0.2, 0.25) is 0 Å². The van der Waals surface area contributed by atoms with Gasteiger partial charge in [0.2, 0.25) is 0 Å². The highest BCUT2D eigenvalue weighted by atomic mass is 16.1. The molecule has 1 atom stereocenters. The quantitative estimate of drug-likeness (QED) is 0.563. The fraction of sp³-hybridized carbons (Fsp3) is 0.304. The molecule has 0 aliphatic heterocycles. The van der Waals surface area contributed by atoms with E-state index in [0.29, 0.717) is 0 Å². The molecule has 28 heavy (non-hydrogen) atoms. The number of hydrogen-bond acceptors (Lipinski definition) is 3. The van der Waals surface area contributed by atoms with Gasteiger partial charge in [-0.05, 0) is 56.5 Å². The van der Waals surface area contributed by atoms with Crippen molar-refractivity contribution in [1.29, 1.82) is 0 Å². The number of anilines is 1. The van der Waals surface area contributed by atoms with Crippen molar-refractivity contribution in [2.24, 2.45) is 7.05 Å². The van der Waals surface area contributed by atoms with Crippen molar-refractivity contribution < 1.29 is 0 Å². The lowest BCUT2D eigenvalue weighted by atomic mass is 9.95. The van der Waals surface area contributed by atoms with Crippen molar-refractivity contribution >= 4 is 27.5 Å². The van der Waals surface area contributed by atoms with E-state index in [-0.39, 0.29) is 11.6 Å². The Morgan fingerprint density at radius 2 is 1.89 bits per heavy atom. The topological polar surface area (TPSA) is 51.9 Å². The number of benzene rings is 2. The summed E-state index contributed by atoms with van der Waals surface area (Å²) in [6, 6.07) is 12.5. The summed E-state index contributed by atoms with van der Waals surface area (Å²) in [4.78, 5) is 13.1. The average molecular weight is 374 g/mol. The fourth-order valence-corrected chi connectivity index (χ4v) is 4.09. The molecule has 4 aromatic rings. The highest BCUT2D eigenvalue weighted by Gasteiger charge is 2.19. The van der Waals surface area contributed by atoms with Crippen LogP contribution >= 0.6 is 0 Å². The molecule has 5 heteroatoms. The zero-order valence-electron chi connectivity index (χ0n) is 17.1. The molecular weight excluding hydrogens is 348 g/mol. The van der Waals surface area contributed by atoms with Gasteiger partial charge in [0.05, 0.1) is 6.20 Å². The van der Waals surface area contributed by atoms with Crippen LogP contribution in [0.25, 0.3) is 21.8 Å². The summed E-state index contributed by atoms with van der Waals surface area (Å²) < 4.78 is 3.61. The molecule has 5 nitrogen and oxygen atoms in total. The maximum atomic E-state index is 13.1. The molecule has 0 aliphatic carbocycles. The van der Waals surface area contributed by atoms with Gasteiger partial charge in [0.25, 0.3) is 5.56 Å². The van der Waals surface area contributed by atoms with E-state index in [1.54, 1.807) is 4.57 Å². The van der Waals surface area contributed by atoms with E-state index in [0.717, 1.165) is 45.2 Å². The molecule has 0 spiro atoms. The van der Waals surface area contributed by atoms with Crippen molar-refractivity contribution in [1.82, 2.24) is 14.3 Å². The Morgan fingerprint density at radius 3 is 2.61 bits per heavy atom. The number of rotatable bonds is 4. The SMILES string of the molecule is CCn1ncc2c3c(C(C)Nc4ccccc4C)cc(C)cc3c(=O)n(C)c21. The van der Waals surface area contributed by atoms with Crippen LogP contribution in [0.1, 0.15) is 36.6 Å². The second-order valence-electron chi connectivity index (χ2n) is 7.52. The summed E-state index contributed by atoms with van der Waals surface area (Å²) >= 11 is 0. The molecule has 2 heterocycles. The number of hydrogen-bond donors (Lipinski definition) is 1. The van der Waals surface area contributed by atoms with Crippen LogP contribution in [-0.4, -0.2) is 14.3 Å². The summed E-state index contributed by atoms with van der Waals surface area (Å²) in [6.07, 6.45) is 1.89. The van der Waals surface area contributed by atoms with Gasteiger partial charge in [0.1, 0.15) is 5.65 Å². The van der Waals surface area contributed by atoms with Gasteiger partial charge < -0.3 is 5.32 Å². The molecule has 2 aromatic carbocycles. The standard InChI is InChI=1S/C23H26N4O/c1-6-27-22-19(13-24-27)21-17(11-14(2)12-18(21)23(28)26(22)5)16(4)25-20-10-8-7-9-15(20)3/h7-13,16,25H,6H2,1-5H3. The molecule has 4 rings (SSSR count). The minimum Gasteiger partial charge on any atom is -0.378 e. The van der Waals surface area contributed by atoms with Crippen molar-refractivity contribution in [2.45, 2.75) is 40.3 Å². The lowest BCUT2D eigenvalue weighted by Crippen LogP contribution is -2.20. The summed E-state index contributed by atoms with van der Waals surface area (Å²) in [7, 11) is 1.83. The Balaban J connectivity index is 2.00. The van der Waals surface area contributed by atoms with Gasteiger partial charge in [-0.1, -0.05) is 24.3 Å². The highest BCUT2D eigenvalue weighted by Crippen LogP contribution is 2.32. The Kier molecular flexibility index (Phi) is 4.46. The molecule has 1 unspecified atom stereocenters. The van der Waals surface area contributed by atoms with Crippen LogP contribution < -0.4 is 10.9 Å². The average Bonchev–Trinajstić information content (AvgIpc) is 3.11. The number of nitrogens with zero attached hydrogens (tertiary/aromatic N) is 3. The van der Waals surface area contributed by atoms with Gasteiger partial charge in [0.15, 0.2) is 0 Å². The predicted octanol–water partition coefficient (Wildman–Crippen LogP) is 4.70. The lowest BCUT2D eigenvalue weighted by molar-refractivity contribution is 0.659. The zero-order valence-corrected chi connectivity index (χ0v) is 17.1. The van der Waals surface area contributed by atoms with E-state index in [1.807, 2.05) is 50.0 Å². The summed E-state index contributed by atoms with van der Waals surface area (Å²) in [5.74, 6) is 0. The Bertz CT molecular complexity index is 1250. The predicted molar refractivity (Wildman–Crippen MR) is 116 cm³/mol. The second kappa shape index (κ2) is 6.82. The zero-order chi connectivity index (χ0) is 20.0. The van der Waals surface area contributed by atoms with Crippen LogP contribution in [0.4, 0.5) is 5.69 Å². The third-order valence-electron chi connectivity index (χ3n) is 5.53. The first kappa shape index (κ1) is 18.3. The number of aromatic nitrogens is 3. The molecule has 0 fully saturated rings. The van der Waals surface area contributed by atoms with Gasteiger partial charge in [-0.25, -0.2) is 4.68 Å². The van der Waals surface area contributed by atoms with Crippen LogP contribution in [0.15, 0.2) is 47.4 Å². The van der Waals surface area contributed by atoms with Gasteiger partial charge in [-0.2, -0.15) is 5.10 Å². The van der Waals surface area contributed by atoms with E-state index < -0.39 is 0 Å². The molecule has 0 saturated carbocycles. The number of nitrogens with one attached hydrogen (secondary N) is 1. The molecule has 2 aromatic heterocycles. The maximum absolute atomic E-state index is 13.1. The Hall–Kier alpha value is -3.08. The summed E-state index contributed by atoms with van der Waals surface area (Å²) in [5.41, 5.74) is 5.40. The van der Waals surface area contributed by atoms with Gasteiger partial charge in [-0.3, -0.25) is 9.36 Å². The van der Waals surface area contributed by atoms with Gasteiger partial charge >= 0.3 is 0 Å². The molecule has 0 aliphatic rings. The molecule has 0 amide bonds. The van der Waals surface area contributed by atoms with E-state index in [1.165, 1.54) is 5.56 Å². The van der Waals surface area contributed by atoms with Crippen LogP contribution in [0, 0.1) is 13.8 Å². The molecule has 0 radical (unpaired) electrons. The molecular formula is C23H26N4O. The summed E-state index contributed by atoms with van der Waals surface area (Å²) in [6.45, 7) is 9.05. The van der Waals surface area contributed by atoms with Crippen molar-refractivity contribution in [3.8, 4) is 0 Å². The Labute approximate surface area is 164 Å². The molecule has 1 N–H and O–H groups in total. The normalized spacial score (nSPS) is 12.6. The summed E-state index contributed by atoms with van der Waals surface area (Å²) in [5, 5.41) is 10.9. The van der Waals surface area contributed by atoms with Crippen molar-refractivity contribution in [3.63, 3.8) is 0 Å². The second-order valence-corrected chi connectivity index (χ2v) is 7.52. The highest BCUT2D eigenvalue weighted by molar-refractivity contribution is 6.07. The van der Waals surface area contributed by atoms with E-state index in [4.69, 9.17) is 0 Å². The molecule has 0 saturated heterocycles. The maximum Gasteiger partial charge on any atom is 0.259 e. The number of aryl methyl sites for hydroxylation is 4. The third-order valence-corrected chi connectivity index (χ3v) is 5.53. The van der Waals surface area contributed by atoms with E-state index in [9.17, 15) is 4.79 Å². The number of para-hydroxylation sites is 1. The largest absolute Gasteiger partial charge is 0.378 e. The molecule has 0 bridgehead atoms. The van der Waals surface area contributed by atoms with Crippen LogP contribution in [0.3, 0.4) is 0 Å². The first-order valence-electron chi connectivity index (χ1n) is 9.73. The van der Waals surface area contributed by atoms with E-state index >= 15 is 0 Å². The smallest absolute Gasteiger partial charge is 0.259 e. The van der Waals surface area contributed by atoms with Crippen molar-refractivity contribution in [2.75, 3.05) is 5.32 Å². The fourth-order valence-electron chi connectivity index (χ4n) is 4.09. The monoisotopic (exact) mass is 374 g/mol. The Morgan fingerprint density at radius 1 is 1.14 bits per heavy atom. The van der Waals surface area contributed by atoms with Gasteiger partial charge in [0, 0.05) is 41.5 Å². The van der Waals surface area contributed by atoms with Crippen LogP contribution in [0.5, 0.6) is 0 Å². The number of pyridine rings is 1.